The van der Waals surface area contributed by atoms with Gasteiger partial charge < -0.3 is 19.7 Å². The summed E-state index contributed by atoms with van der Waals surface area (Å²) in [6.07, 6.45) is -2.60. The van der Waals surface area contributed by atoms with Crippen molar-refractivity contribution in [3.8, 4) is 5.75 Å². The van der Waals surface area contributed by atoms with Crippen molar-refractivity contribution in [3.05, 3.63) is 75.1 Å². The summed E-state index contributed by atoms with van der Waals surface area (Å²) in [6.45, 7) is 5.01. The van der Waals surface area contributed by atoms with Crippen molar-refractivity contribution in [2.24, 2.45) is 0 Å². The van der Waals surface area contributed by atoms with Crippen molar-refractivity contribution in [2.45, 2.75) is 39.0 Å². The molecule has 0 bridgehead atoms. The lowest BCUT2D eigenvalue weighted by Gasteiger charge is -2.19. The van der Waals surface area contributed by atoms with Crippen LogP contribution in [0.25, 0.3) is 0 Å². The van der Waals surface area contributed by atoms with Gasteiger partial charge in [0.1, 0.15) is 23.1 Å². The largest absolute Gasteiger partial charge is 0.497 e. The molecule has 3 N–H and O–H groups in total. The molecule has 0 saturated heterocycles. The first kappa shape index (κ1) is 26.1. The van der Waals surface area contributed by atoms with Gasteiger partial charge in [0.25, 0.3) is 5.69 Å². The van der Waals surface area contributed by atoms with Crippen LogP contribution in [0.3, 0.4) is 0 Å². The summed E-state index contributed by atoms with van der Waals surface area (Å²) in [6, 6.07) is 10.4. The minimum absolute atomic E-state index is 0.0200. The third kappa shape index (κ3) is 6.13. The van der Waals surface area contributed by atoms with E-state index in [0.29, 0.717) is 11.3 Å². The Kier molecular flexibility index (Phi) is 7.53. The molecule has 0 fully saturated rings. The van der Waals surface area contributed by atoms with Crippen LogP contribution in [0.5, 0.6) is 5.75 Å². The second-order valence-electron chi connectivity index (χ2n) is 8.69. The molecule has 1 unspecified atom stereocenters. The summed E-state index contributed by atoms with van der Waals surface area (Å²) in [5.74, 6) is -0.808. The number of carboxylic acid groups (broad SMARTS) is 1. The third-order valence-electron chi connectivity index (χ3n) is 4.88. The number of anilines is 1. The number of hydrogen-bond donors (Lipinski definition) is 3. The molecule has 0 aliphatic carbocycles. The Balaban J connectivity index is 1.93. The van der Waals surface area contributed by atoms with Crippen molar-refractivity contribution < 1.29 is 34.2 Å². The predicted molar refractivity (Wildman–Crippen MR) is 126 cm³/mol. The number of rotatable bonds is 8. The Bertz CT molecular complexity index is 1280. The molecule has 36 heavy (non-hydrogen) atoms. The number of hydrogen-bond acceptors (Lipinski definition) is 9. The number of carboxylic acids is 1. The quantitative estimate of drug-likeness (QED) is 0.307. The summed E-state index contributed by atoms with van der Waals surface area (Å²) < 4.78 is 11.3. The number of benzene rings is 2. The third-order valence-corrected chi connectivity index (χ3v) is 4.88. The van der Waals surface area contributed by atoms with E-state index in [0.717, 1.165) is 10.7 Å². The molecule has 0 spiro atoms. The van der Waals surface area contributed by atoms with Crippen molar-refractivity contribution in [3.63, 3.8) is 0 Å². The van der Waals surface area contributed by atoms with Crippen LogP contribution >= 0.6 is 0 Å². The Morgan fingerprint density at radius 3 is 2.42 bits per heavy atom. The normalized spacial score (nSPS) is 12.0. The van der Waals surface area contributed by atoms with Crippen molar-refractivity contribution in [1.29, 1.82) is 0 Å². The number of carbonyl (C=O) groups excluding carboxylic acids is 1. The molecular formula is C23H25N5O8. The van der Waals surface area contributed by atoms with Gasteiger partial charge in [-0.1, -0.05) is 17.3 Å². The number of aromatic carboxylic acids is 1. The summed E-state index contributed by atoms with van der Waals surface area (Å²) >= 11 is 0. The van der Waals surface area contributed by atoms with Gasteiger partial charge in [-0.15, -0.1) is 5.10 Å². The van der Waals surface area contributed by atoms with Gasteiger partial charge in [-0.05, 0) is 50.6 Å². The summed E-state index contributed by atoms with van der Waals surface area (Å²) in [4.78, 5) is 35.0. The van der Waals surface area contributed by atoms with Gasteiger partial charge in [-0.3, -0.25) is 15.4 Å². The van der Waals surface area contributed by atoms with Gasteiger partial charge in [-0.2, -0.15) is 0 Å². The fourth-order valence-corrected chi connectivity index (χ4v) is 3.32. The summed E-state index contributed by atoms with van der Waals surface area (Å²) in [5, 5.41) is 42.4. The van der Waals surface area contributed by atoms with E-state index in [1.54, 1.807) is 45.0 Å². The van der Waals surface area contributed by atoms with Gasteiger partial charge in [0, 0.05) is 6.07 Å². The van der Waals surface area contributed by atoms with Crippen molar-refractivity contribution in [1.82, 2.24) is 15.0 Å². The van der Waals surface area contributed by atoms with E-state index >= 15 is 0 Å². The Morgan fingerprint density at radius 1 is 1.19 bits per heavy atom. The molecule has 1 aromatic heterocycles. The Hall–Kier alpha value is -4.52. The Morgan fingerprint density at radius 2 is 1.86 bits per heavy atom. The second-order valence-corrected chi connectivity index (χ2v) is 8.69. The van der Waals surface area contributed by atoms with Gasteiger partial charge in [-0.25, -0.2) is 14.3 Å². The SMILES string of the molecule is COc1ccc(Cn2nnc(C(O)c3ccc(NC(=O)OC(C)(C)C)cc3[N+](=O)[O-])c2C(=O)O)cc1. The lowest BCUT2D eigenvalue weighted by molar-refractivity contribution is -0.386. The second kappa shape index (κ2) is 10.4. The van der Waals surface area contributed by atoms with Crippen LogP contribution in [-0.4, -0.2) is 54.9 Å². The fraction of sp³-hybridized carbons (Fsp3) is 0.304. The maximum Gasteiger partial charge on any atom is 0.412 e. The van der Waals surface area contributed by atoms with Crippen LogP contribution in [0.4, 0.5) is 16.2 Å². The van der Waals surface area contributed by atoms with Crippen LogP contribution in [-0.2, 0) is 11.3 Å². The van der Waals surface area contributed by atoms with Gasteiger partial charge in [0.2, 0.25) is 0 Å². The molecule has 0 radical (unpaired) electrons. The molecule has 13 heteroatoms. The minimum atomic E-state index is -1.78. The monoisotopic (exact) mass is 499 g/mol. The van der Waals surface area contributed by atoms with E-state index < -0.39 is 40.1 Å². The molecule has 190 valence electrons. The van der Waals surface area contributed by atoms with Crippen LogP contribution in [0, 0.1) is 10.1 Å². The number of ether oxygens (including phenoxy) is 2. The molecule has 0 aliphatic heterocycles. The van der Waals surface area contributed by atoms with Crippen LogP contribution in [0.1, 0.15) is 54.2 Å². The van der Waals surface area contributed by atoms with Crippen LogP contribution in [0.15, 0.2) is 42.5 Å². The number of nitrogens with zero attached hydrogens (tertiary/aromatic N) is 4. The fourth-order valence-electron chi connectivity index (χ4n) is 3.32. The zero-order valence-electron chi connectivity index (χ0n) is 20.0. The number of nitro groups is 1. The van der Waals surface area contributed by atoms with E-state index in [1.807, 2.05) is 0 Å². The van der Waals surface area contributed by atoms with Gasteiger partial charge >= 0.3 is 12.1 Å². The zero-order chi connectivity index (χ0) is 26.6. The number of amides is 1. The maximum absolute atomic E-state index is 12.0. The van der Waals surface area contributed by atoms with Gasteiger partial charge in [0.15, 0.2) is 5.69 Å². The lowest BCUT2D eigenvalue weighted by atomic mass is 10.0. The van der Waals surface area contributed by atoms with E-state index in [9.17, 15) is 29.9 Å². The van der Waals surface area contributed by atoms with Crippen LogP contribution in [0.2, 0.25) is 0 Å². The highest BCUT2D eigenvalue weighted by Crippen LogP contribution is 2.33. The smallest absolute Gasteiger partial charge is 0.412 e. The molecule has 3 rings (SSSR count). The standard InChI is InChI=1S/C23H25N5O8/c1-23(2,3)36-22(32)24-14-7-10-16(17(11-14)28(33)34)20(29)18-19(21(30)31)27(26-25-18)12-13-5-8-15(35-4)9-6-13/h5-11,20,29H,12H2,1-4H3,(H,24,32)(H,30,31). The highest BCUT2D eigenvalue weighted by atomic mass is 16.6. The number of carbonyl (C=O) groups is 2. The molecule has 3 aromatic rings. The number of aliphatic hydroxyl groups excluding tert-OH is 1. The van der Waals surface area contributed by atoms with E-state index in [2.05, 4.69) is 15.6 Å². The molecule has 13 nitrogen and oxygen atoms in total. The number of methoxy groups -OCH3 is 1. The topological polar surface area (TPSA) is 179 Å². The number of nitrogens with one attached hydrogen (secondary N) is 1. The van der Waals surface area contributed by atoms with E-state index in [1.165, 1.54) is 19.2 Å². The Labute approximate surface area is 205 Å². The molecule has 1 amide bonds. The van der Waals surface area contributed by atoms with Crippen LogP contribution < -0.4 is 10.1 Å². The molecule has 0 saturated carbocycles. The summed E-state index contributed by atoms with van der Waals surface area (Å²) in [5.41, 5.74) is -1.63. The van der Waals surface area contributed by atoms with Crippen molar-refractivity contribution in [2.75, 3.05) is 12.4 Å². The first-order chi connectivity index (χ1) is 16.9. The number of aromatic nitrogens is 3. The first-order valence-electron chi connectivity index (χ1n) is 10.7. The maximum atomic E-state index is 12.0. The highest BCUT2D eigenvalue weighted by molar-refractivity contribution is 5.87. The lowest BCUT2D eigenvalue weighted by Crippen LogP contribution is -2.27. The number of nitro benzene ring substituents is 1. The minimum Gasteiger partial charge on any atom is -0.497 e. The predicted octanol–water partition coefficient (Wildman–Crippen LogP) is 3.37. The average molecular weight is 499 g/mol. The molecule has 1 atom stereocenters. The number of aliphatic hydroxyl groups is 1. The zero-order valence-corrected chi connectivity index (χ0v) is 20.0. The molecule has 2 aromatic carbocycles. The van der Waals surface area contributed by atoms with Crippen molar-refractivity contribution >= 4 is 23.4 Å². The molecule has 1 heterocycles. The molecular weight excluding hydrogens is 474 g/mol. The highest BCUT2D eigenvalue weighted by Gasteiger charge is 2.31. The van der Waals surface area contributed by atoms with Gasteiger partial charge in [0.05, 0.1) is 29.8 Å². The average Bonchev–Trinajstić information content (AvgIpc) is 3.21. The van der Waals surface area contributed by atoms with E-state index in [-0.39, 0.29) is 23.5 Å². The first-order valence-corrected chi connectivity index (χ1v) is 10.7. The summed E-state index contributed by atoms with van der Waals surface area (Å²) in [7, 11) is 1.52. The molecule has 0 aliphatic rings. The van der Waals surface area contributed by atoms with E-state index in [4.69, 9.17) is 9.47 Å².